The van der Waals surface area contributed by atoms with Crippen molar-refractivity contribution in [3.05, 3.63) is 28.8 Å². The molecule has 4 N–H and O–H groups in total. The molecule has 0 bridgehead atoms. The number of halogens is 1. The summed E-state index contributed by atoms with van der Waals surface area (Å²) < 4.78 is 0. The molecule has 0 spiro atoms. The van der Waals surface area contributed by atoms with Crippen molar-refractivity contribution >= 4 is 17.5 Å². The summed E-state index contributed by atoms with van der Waals surface area (Å²) in [6, 6.07) is 3.16. The molecule has 13 heavy (non-hydrogen) atoms. The number of rotatable bonds is 2. The summed E-state index contributed by atoms with van der Waals surface area (Å²) in [5.74, 6) is -0.961. The zero-order valence-corrected chi connectivity index (χ0v) is 7.38. The molecule has 1 radical (unpaired) electrons. The number of benzene rings is 1. The normalized spacial score (nSPS) is 12.5. The molecule has 69 valence electrons. The summed E-state index contributed by atoms with van der Waals surface area (Å²) >= 11 is 5.58. The van der Waals surface area contributed by atoms with Gasteiger partial charge in [-0.3, -0.25) is 10.5 Å². The minimum absolute atomic E-state index is 0.0740. The van der Waals surface area contributed by atoms with Gasteiger partial charge in [-0.25, -0.2) is 0 Å². The molecule has 1 amide bonds. The molecule has 0 aliphatic rings. The van der Waals surface area contributed by atoms with Gasteiger partial charge in [0, 0.05) is 0 Å². The molecule has 5 heteroatoms. The van der Waals surface area contributed by atoms with Crippen LogP contribution in [0.2, 0.25) is 5.02 Å². The zero-order chi connectivity index (χ0) is 10.0. The quantitative estimate of drug-likeness (QED) is 0.741. The van der Waals surface area contributed by atoms with E-state index in [1.165, 1.54) is 18.2 Å². The molecular formula is C8H8ClN2O2. The van der Waals surface area contributed by atoms with Crippen LogP contribution in [-0.4, -0.2) is 11.0 Å². The van der Waals surface area contributed by atoms with Gasteiger partial charge >= 0.3 is 0 Å². The van der Waals surface area contributed by atoms with Crippen LogP contribution in [0.1, 0.15) is 11.6 Å². The van der Waals surface area contributed by atoms with Gasteiger partial charge in [0.2, 0.25) is 0 Å². The van der Waals surface area contributed by atoms with Gasteiger partial charge in [0.25, 0.3) is 5.91 Å². The zero-order valence-electron chi connectivity index (χ0n) is 6.62. The Morgan fingerprint density at radius 1 is 1.62 bits per heavy atom. The fraction of sp³-hybridized carbons (Fsp3) is 0.125. The molecule has 1 rings (SSSR count). The first-order valence-electron chi connectivity index (χ1n) is 3.52. The van der Waals surface area contributed by atoms with Crippen molar-refractivity contribution in [2.45, 2.75) is 6.04 Å². The number of carbonyl (C=O) groups excluding carboxylic acids is 1. The highest BCUT2D eigenvalue weighted by molar-refractivity contribution is 6.32. The Hall–Kier alpha value is -1.26. The highest BCUT2D eigenvalue weighted by atomic mass is 35.5. The van der Waals surface area contributed by atoms with Crippen molar-refractivity contribution in [2.24, 2.45) is 5.73 Å². The summed E-state index contributed by atoms with van der Waals surface area (Å²) in [5, 5.41) is 9.18. The molecule has 0 heterocycles. The molecule has 4 nitrogen and oxygen atoms in total. The Labute approximate surface area is 80.1 Å². The third-order valence-electron chi connectivity index (χ3n) is 1.61. The maximum absolute atomic E-state index is 10.6. The predicted molar refractivity (Wildman–Crippen MR) is 48.1 cm³/mol. The molecule has 0 saturated heterocycles. The maximum Gasteiger partial charge on any atom is 0.259 e. The van der Waals surface area contributed by atoms with E-state index in [4.69, 9.17) is 28.2 Å². The Morgan fingerprint density at radius 2 is 2.23 bits per heavy atom. The van der Waals surface area contributed by atoms with Crippen molar-refractivity contribution in [1.82, 2.24) is 5.73 Å². The Morgan fingerprint density at radius 3 is 2.69 bits per heavy atom. The van der Waals surface area contributed by atoms with Crippen LogP contribution in [0, 0.1) is 0 Å². The average Bonchev–Trinajstić information content (AvgIpc) is 2.08. The summed E-state index contributed by atoms with van der Waals surface area (Å²) in [6.45, 7) is 0. The van der Waals surface area contributed by atoms with Crippen LogP contribution in [0.25, 0.3) is 0 Å². The number of hydrogen-bond acceptors (Lipinski definition) is 3. The number of amides is 1. The largest absolute Gasteiger partial charge is 0.506 e. The minimum Gasteiger partial charge on any atom is -0.506 e. The number of carbonyl (C=O) groups is 1. The Kier molecular flexibility index (Phi) is 2.75. The number of nitrogens with two attached hydrogens (primary N) is 1. The number of aromatic hydroxyl groups is 1. The highest BCUT2D eigenvalue weighted by Crippen LogP contribution is 2.25. The second kappa shape index (κ2) is 3.64. The lowest BCUT2D eigenvalue weighted by molar-refractivity contribution is -0.120. The first kappa shape index (κ1) is 9.83. The summed E-state index contributed by atoms with van der Waals surface area (Å²) in [4.78, 5) is 10.6. The van der Waals surface area contributed by atoms with Gasteiger partial charge in [-0.2, -0.15) is 0 Å². The second-order valence-electron chi connectivity index (χ2n) is 2.55. The van der Waals surface area contributed by atoms with Crippen LogP contribution in [0.4, 0.5) is 0 Å². The van der Waals surface area contributed by atoms with Gasteiger partial charge in [-0.1, -0.05) is 17.7 Å². The van der Waals surface area contributed by atoms with Crippen molar-refractivity contribution in [2.75, 3.05) is 0 Å². The highest BCUT2D eigenvalue weighted by Gasteiger charge is 2.13. The smallest absolute Gasteiger partial charge is 0.259 e. The summed E-state index contributed by atoms with van der Waals surface area (Å²) in [5.41, 5.74) is 12.6. The molecule has 0 aliphatic heterocycles. The van der Waals surface area contributed by atoms with Gasteiger partial charge in [0.05, 0.1) is 5.02 Å². The van der Waals surface area contributed by atoms with E-state index < -0.39 is 11.9 Å². The van der Waals surface area contributed by atoms with Crippen LogP contribution in [0.15, 0.2) is 18.2 Å². The fourth-order valence-electron chi connectivity index (χ4n) is 0.868. The van der Waals surface area contributed by atoms with Gasteiger partial charge in [-0.15, -0.1) is 0 Å². The fourth-order valence-corrected chi connectivity index (χ4v) is 1.06. The summed E-state index contributed by atoms with van der Waals surface area (Å²) in [7, 11) is 0. The van der Waals surface area contributed by atoms with E-state index >= 15 is 0 Å². The standard InChI is InChI=1S/C8H8ClN2O2/c9-5-3-4(1-2-6(5)12)7(10)8(11)13/h1-3,7,11-12H,10H2. The van der Waals surface area contributed by atoms with Crippen LogP contribution < -0.4 is 11.5 Å². The van der Waals surface area contributed by atoms with E-state index in [0.717, 1.165) is 0 Å². The van der Waals surface area contributed by atoms with Gasteiger partial charge in [-0.05, 0) is 17.7 Å². The topological polar surface area (TPSA) is 87.1 Å². The lowest BCUT2D eigenvalue weighted by Gasteiger charge is -2.07. The molecule has 1 aromatic rings. The lowest BCUT2D eigenvalue weighted by Crippen LogP contribution is -2.21. The van der Waals surface area contributed by atoms with Crippen LogP contribution >= 0.6 is 11.6 Å². The third-order valence-corrected chi connectivity index (χ3v) is 1.92. The Balaban J connectivity index is 3.03. The van der Waals surface area contributed by atoms with Gasteiger partial charge in [0.15, 0.2) is 0 Å². The van der Waals surface area contributed by atoms with Crippen LogP contribution in [0.3, 0.4) is 0 Å². The molecule has 1 atom stereocenters. The predicted octanol–water partition coefficient (Wildman–Crippen LogP) is 0.855. The molecule has 0 aromatic heterocycles. The van der Waals surface area contributed by atoms with E-state index in [9.17, 15) is 4.79 Å². The number of phenolic OH excluding ortho intramolecular Hbond substituents is 1. The number of nitrogens with one attached hydrogen (secondary N) is 1. The monoisotopic (exact) mass is 199 g/mol. The second-order valence-corrected chi connectivity index (χ2v) is 2.96. The SMILES string of the molecule is [NH]C(=O)C(N)c1ccc(O)c(Cl)c1. The van der Waals surface area contributed by atoms with Crippen molar-refractivity contribution in [1.29, 1.82) is 0 Å². The molecular weight excluding hydrogens is 192 g/mol. The van der Waals surface area contributed by atoms with Crippen LogP contribution in [-0.2, 0) is 4.79 Å². The van der Waals surface area contributed by atoms with Crippen molar-refractivity contribution in [3.8, 4) is 5.75 Å². The van der Waals surface area contributed by atoms with Crippen LogP contribution in [0.5, 0.6) is 5.75 Å². The molecule has 1 unspecified atom stereocenters. The summed E-state index contributed by atoms with van der Waals surface area (Å²) in [6.07, 6.45) is 0. The maximum atomic E-state index is 10.6. The lowest BCUT2D eigenvalue weighted by atomic mass is 10.1. The van der Waals surface area contributed by atoms with E-state index in [1.807, 2.05) is 0 Å². The minimum atomic E-state index is -1.00. The third kappa shape index (κ3) is 2.11. The first-order chi connectivity index (χ1) is 6.02. The number of hydrogen-bond donors (Lipinski definition) is 2. The van der Waals surface area contributed by atoms with E-state index in [0.29, 0.717) is 5.56 Å². The van der Waals surface area contributed by atoms with Gasteiger partial charge < -0.3 is 10.8 Å². The van der Waals surface area contributed by atoms with Crippen molar-refractivity contribution < 1.29 is 9.90 Å². The number of phenols is 1. The van der Waals surface area contributed by atoms with E-state index in [-0.39, 0.29) is 10.8 Å². The molecule has 0 fully saturated rings. The molecule has 0 saturated carbocycles. The van der Waals surface area contributed by atoms with E-state index in [2.05, 4.69) is 0 Å². The average molecular weight is 200 g/mol. The molecule has 0 aliphatic carbocycles. The van der Waals surface area contributed by atoms with Crippen molar-refractivity contribution in [3.63, 3.8) is 0 Å². The molecule has 1 aromatic carbocycles. The Bertz CT molecular complexity index is 341. The van der Waals surface area contributed by atoms with E-state index in [1.54, 1.807) is 0 Å². The van der Waals surface area contributed by atoms with Gasteiger partial charge in [0.1, 0.15) is 11.8 Å². The first-order valence-corrected chi connectivity index (χ1v) is 3.89.